The molecule has 1 amide bonds. The van der Waals surface area contributed by atoms with Crippen molar-refractivity contribution >= 4 is 63.3 Å². The van der Waals surface area contributed by atoms with Gasteiger partial charge in [-0.15, -0.1) is 11.8 Å². The Morgan fingerprint density at radius 1 is 0.930 bits per heavy atom. The zero-order valence-corrected chi connectivity index (χ0v) is 36.1. The Balaban J connectivity index is 1.03. The van der Waals surface area contributed by atoms with Crippen LogP contribution in [0.25, 0.3) is 11.0 Å². The molecule has 0 fully saturated rings. The molecule has 0 unspecified atom stereocenters. The molecule has 3 heterocycles. The van der Waals surface area contributed by atoms with Crippen LogP contribution in [0.15, 0.2) is 94.2 Å². The summed E-state index contributed by atoms with van der Waals surface area (Å²) >= 11 is 2.99. The highest BCUT2D eigenvalue weighted by molar-refractivity contribution is 7.99. The first kappa shape index (κ1) is 40.6. The lowest BCUT2D eigenvalue weighted by Gasteiger charge is -2.33. The van der Waals surface area contributed by atoms with E-state index >= 15 is 0 Å². The van der Waals surface area contributed by atoms with Crippen molar-refractivity contribution < 1.29 is 19.3 Å². The standard InChI is InChI=1S/C47H55N5O3S2/c1-8-11-24-51-36-20-14-12-18-34(36)46(4,5)39(51)28-32-44(54)33(45(32)55)29-40-47(6,7)35-19-13-15-21-37(35)52(40)25-17-16-23-48-41(53)22-26-56-38-27-30(9-2)42-43(31(38)10-3)50-57-49-42/h12-15,18-21,27-29H,8-11,16-17,22-26H2,1-7H3,(H-,48,53,54,55). The van der Waals surface area contributed by atoms with Gasteiger partial charge in [0.1, 0.15) is 17.6 Å². The molecule has 3 aliphatic rings. The number of hydrogen-bond acceptors (Lipinski definition) is 8. The number of benzene rings is 3. The normalized spacial score (nSPS) is 18.2. The molecule has 0 bridgehead atoms. The van der Waals surface area contributed by atoms with E-state index in [0.29, 0.717) is 25.3 Å². The van der Waals surface area contributed by atoms with Crippen molar-refractivity contribution in [3.05, 3.63) is 112 Å². The van der Waals surface area contributed by atoms with Crippen molar-refractivity contribution in [2.75, 3.05) is 30.3 Å². The fraction of sp³-hybridized carbons (Fsp3) is 0.426. The van der Waals surface area contributed by atoms with Gasteiger partial charge in [-0.25, -0.2) is 0 Å². The van der Waals surface area contributed by atoms with E-state index < -0.39 is 5.41 Å². The Morgan fingerprint density at radius 3 is 2.40 bits per heavy atom. The van der Waals surface area contributed by atoms with Gasteiger partial charge in [-0.1, -0.05) is 83.2 Å². The van der Waals surface area contributed by atoms with Gasteiger partial charge in [0.2, 0.25) is 11.6 Å². The fourth-order valence-corrected chi connectivity index (χ4v) is 10.5. The monoisotopic (exact) mass is 801 g/mol. The lowest BCUT2D eigenvalue weighted by Crippen LogP contribution is -2.35. The van der Waals surface area contributed by atoms with Crippen molar-refractivity contribution in [1.82, 2.24) is 14.1 Å². The summed E-state index contributed by atoms with van der Waals surface area (Å²) in [5, 5.41) is 17.0. The second-order valence-electron chi connectivity index (χ2n) is 16.3. The molecule has 3 aromatic carbocycles. The average Bonchev–Trinajstić information content (AvgIpc) is 3.84. The lowest BCUT2D eigenvalue weighted by molar-refractivity contribution is -0.438. The number of para-hydroxylation sites is 2. The van der Waals surface area contributed by atoms with Crippen molar-refractivity contribution in [1.29, 1.82) is 0 Å². The zero-order chi connectivity index (χ0) is 40.5. The summed E-state index contributed by atoms with van der Waals surface area (Å²) < 4.78 is 11.4. The number of nitrogens with zero attached hydrogens (tertiary/aromatic N) is 4. The minimum Gasteiger partial charge on any atom is -0.871 e. The fourth-order valence-electron chi connectivity index (χ4n) is 8.70. The highest BCUT2D eigenvalue weighted by Crippen LogP contribution is 2.49. The number of Topliss-reactive ketones (excluding diaryl/α,β-unsaturated/α-hetero) is 1. The third-order valence-corrected chi connectivity index (χ3v) is 13.6. The first-order valence-electron chi connectivity index (χ1n) is 20.6. The second-order valence-corrected chi connectivity index (χ2v) is 18.0. The summed E-state index contributed by atoms with van der Waals surface area (Å²) in [5.74, 6) is 0.382. The molecular formula is C47H55N5O3S2. The van der Waals surface area contributed by atoms with Gasteiger partial charge >= 0.3 is 0 Å². The molecule has 0 radical (unpaired) electrons. The summed E-state index contributed by atoms with van der Waals surface area (Å²) in [6, 6.07) is 19.0. The van der Waals surface area contributed by atoms with Crippen LogP contribution in [0.5, 0.6) is 0 Å². The van der Waals surface area contributed by atoms with E-state index in [4.69, 9.17) is 0 Å². The van der Waals surface area contributed by atoms with Crippen LogP contribution in [-0.4, -0.2) is 56.1 Å². The van der Waals surface area contributed by atoms with E-state index in [9.17, 15) is 14.7 Å². The number of fused-ring (bicyclic) bond motifs is 3. The SMILES string of the molecule is CCCCN1/C(=C/C2=C([O-])C(=C\C3=[N+](CCCCNC(=O)CCSc4cc(CC)c5nsnc5c4CC)c4ccccc4C3(C)C)/C2=O)C(C)(C)c2ccccc21. The van der Waals surface area contributed by atoms with Crippen LogP contribution in [0.1, 0.15) is 103 Å². The highest BCUT2D eigenvalue weighted by Gasteiger charge is 2.46. The number of aryl methyl sites for hydroxylation is 2. The van der Waals surface area contributed by atoms with Crippen LogP contribution in [0.2, 0.25) is 0 Å². The van der Waals surface area contributed by atoms with Gasteiger partial charge in [0.05, 0.1) is 17.1 Å². The van der Waals surface area contributed by atoms with Crippen LogP contribution in [0.3, 0.4) is 0 Å². The topological polar surface area (TPSA) is 101 Å². The maximum atomic E-state index is 13.9. The van der Waals surface area contributed by atoms with Crippen molar-refractivity contribution in [3.63, 3.8) is 0 Å². The molecule has 57 heavy (non-hydrogen) atoms. The molecule has 1 N–H and O–H groups in total. The van der Waals surface area contributed by atoms with E-state index in [-0.39, 0.29) is 34.0 Å². The summed E-state index contributed by atoms with van der Waals surface area (Å²) in [5.41, 5.74) is 10.8. The molecular weight excluding hydrogens is 747 g/mol. The molecule has 0 spiro atoms. The molecule has 7 rings (SSSR count). The minimum atomic E-state index is -0.396. The molecule has 1 aliphatic carbocycles. The van der Waals surface area contributed by atoms with Crippen LogP contribution in [0, 0.1) is 0 Å². The average molecular weight is 802 g/mol. The van der Waals surface area contributed by atoms with Crippen LogP contribution in [-0.2, 0) is 33.3 Å². The molecule has 0 atom stereocenters. The molecule has 10 heteroatoms. The first-order chi connectivity index (χ1) is 27.4. The molecule has 298 valence electrons. The van der Waals surface area contributed by atoms with E-state index in [1.807, 2.05) is 24.3 Å². The third-order valence-electron chi connectivity index (χ3n) is 12.0. The largest absolute Gasteiger partial charge is 0.871 e. The Bertz CT molecular complexity index is 2350. The number of carbonyl (C=O) groups is 2. The Hall–Kier alpha value is -4.54. The summed E-state index contributed by atoms with van der Waals surface area (Å²) in [6.07, 6.45) is 9.66. The smallest absolute Gasteiger partial charge is 0.220 e. The van der Waals surface area contributed by atoms with Gasteiger partial charge in [-0.3, -0.25) is 9.59 Å². The van der Waals surface area contributed by atoms with Crippen molar-refractivity contribution in [3.8, 4) is 0 Å². The number of allylic oxidation sites excluding steroid dienone is 5. The molecule has 0 saturated heterocycles. The number of nitrogens with one attached hydrogen (secondary N) is 1. The summed E-state index contributed by atoms with van der Waals surface area (Å²) in [6.45, 7) is 17.3. The van der Waals surface area contributed by atoms with Crippen LogP contribution in [0.4, 0.5) is 11.4 Å². The number of rotatable bonds is 16. The number of aromatic nitrogens is 2. The Kier molecular flexibility index (Phi) is 11.9. The number of carbonyl (C=O) groups excluding carboxylic acids is 2. The number of ketones is 1. The molecule has 8 nitrogen and oxygen atoms in total. The summed E-state index contributed by atoms with van der Waals surface area (Å²) in [7, 11) is 0. The van der Waals surface area contributed by atoms with E-state index in [0.717, 1.165) is 78.9 Å². The minimum absolute atomic E-state index is 0.0553. The quantitative estimate of drug-likeness (QED) is 0.0523. The molecule has 4 aromatic rings. The van der Waals surface area contributed by atoms with Gasteiger partial charge in [0, 0.05) is 82.2 Å². The van der Waals surface area contributed by atoms with Crippen LogP contribution < -0.4 is 15.3 Å². The van der Waals surface area contributed by atoms with Crippen LogP contribution >= 0.6 is 23.5 Å². The maximum Gasteiger partial charge on any atom is 0.220 e. The second kappa shape index (κ2) is 16.7. The molecule has 1 aromatic heterocycles. The van der Waals surface area contributed by atoms with E-state index in [1.54, 1.807) is 11.8 Å². The molecule has 2 aliphatic heterocycles. The van der Waals surface area contributed by atoms with Gasteiger partial charge in [-0.2, -0.15) is 13.3 Å². The number of amides is 1. The Labute approximate surface area is 346 Å². The number of hydrogen-bond donors (Lipinski definition) is 1. The van der Waals surface area contributed by atoms with Gasteiger partial charge in [0.25, 0.3) is 0 Å². The van der Waals surface area contributed by atoms with Crippen molar-refractivity contribution in [2.45, 2.75) is 109 Å². The van der Waals surface area contributed by atoms with E-state index in [2.05, 4.69) is 114 Å². The summed E-state index contributed by atoms with van der Waals surface area (Å²) in [4.78, 5) is 30.3. The number of unbranched alkanes of at least 4 members (excludes halogenated alkanes) is 2. The van der Waals surface area contributed by atoms with Gasteiger partial charge in [0.15, 0.2) is 11.5 Å². The number of thioether (sulfide) groups is 1. The van der Waals surface area contributed by atoms with Gasteiger partial charge < -0.3 is 15.3 Å². The van der Waals surface area contributed by atoms with Crippen molar-refractivity contribution in [2.24, 2.45) is 0 Å². The predicted octanol–water partition coefficient (Wildman–Crippen LogP) is 8.88. The number of anilines is 1. The Morgan fingerprint density at radius 2 is 1.67 bits per heavy atom. The predicted molar refractivity (Wildman–Crippen MR) is 233 cm³/mol. The highest BCUT2D eigenvalue weighted by atomic mass is 32.2. The van der Waals surface area contributed by atoms with Gasteiger partial charge in [-0.05, 0) is 74.4 Å². The molecule has 0 saturated carbocycles. The van der Waals surface area contributed by atoms with E-state index in [1.165, 1.54) is 38.9 Å². The maximum absolute atomic E-state index is 13.9. The lowest BCUT2D eigenvalue weighted by atomic mass is 9.77. The first-order valence-corrected chi connectivity index (χ1v) is 22.3. The zero-order valence-electron chi connectivity index (χ0n) is 34.5. The third kappa shape index (κ3) is 7.51.